The van der Waals surface area contributed by atoms with Crippen LogP contribution < -0.4 is 10.3 Å². The number of benzene rings is 1. The molecule has 1 aromatic heterocycles. The Balaban J connectivity index is 1.91. The number of hydrogen-bond acceptors (Lipinski definition) is 4. The van der Waals surface area contributed by atoms with Crippen molar-refractivity contribution in [3.8, 4) is 11.8 Å². The molecule has 5 nitrogen and oxygen atoms in total. The van der Waals surface area contributed by atoms with Crippen molar-refractivity contribution in [1.29, 1.82) is 5.26 Å². The van der Waals surface area contributed by atoms with E-state index in [4.69, 9.17) is 9.16 Å². The molecule has 6 heteroatoms. The van der Waals surface area contributed by atoms with Gasteiger partial charge in [0.15, 0.2) is 0 Å². The quantitative estimate of drug-likeness (QED) is 0.554. The summed E-state index contributed by atoms with van der Waals surface area (Å²) in [4.78, 5) is 13.1. The highest BCUT2D eigenvalue weighted by Crippen LogP contribution is 2.37. The summed E-state index contributed by atoms with van der Waals surface area (Å²) in [5.41, 5.74) is 2.42. The third kappa shape index (κ3) is 5.59. The smallest absolute Gasteiger partial charge is 0.255 e. The van der Waals surface area contributed by atoms with E-state index in [1.54, 1.807) is 28.8 Å². The van der Waals surface area contributed by atoms with E-state index in [-0.39, 0.29) is 17.1 Å². The van der Waals surface area contributed by atoms with E-state index in [1.165, 1.54) is 0 Å². The van der Waals surface area contributed by atoms with E-state index in [0.717, 1.165) is 29.7 Å². The highest BCUT2D eigenvalue weighted by molar-refractivity contribution is 6.48. The van der Waals surface area contributed by atoms with Crippen LogP contribution >= 0.6 is 0 Å². The highest BCUT2D eigenvalue weighted by Gasteiger charge is 2.29. The number of fused-ring (bicyclic) bond motifs is 1. The second-order valence-electron chi connectivity index (χ2n) is 10.2. The standard InChI is InChI=1S/C26H33N2O3Si/c1-25(2,3)23(31-32(6)7)11-9-18-12-13-28(24(29)15-18)21-16-26(4,5)30-22-10-8-19(17-27)14-20(21)22/h8,10,12-16,23H,9,11H2,1-7H3. The van der Waals surface area contributed by atoms with Gasteiger partial charge in [0.1, 0.15) is 11.4 Å². The van der Waals surface area contributed by atoms with Crippen molar-refractivity contribution in [2.45, 2.75) is 72.3 Å². The number of hydrogen-bond donors (Lipinski definition) is 0. The summed E-state index contributed by atoms with van der Waals surface area (Å²) >= 11 is 0. The number of pyridine rings is 1. The maximum atomic E-state index is 13.1. The van der Waals surface area contributed by atoms with Crippen LogP contribution in [0, 0.1) is 16.7 Å². The second-order valence-corrected chi connectivity index (χ2v) is 12.3. The SMILES string of the molecule is C[Si](C)OC(CCc1ccn(C2=CC(C)(C)Oc3ccc(C#N)cc32)c(=O)c1)C(C)(C)C. The zero-order chi connectivity index (χ0) is 23.7. The Kier molecular flexibility index (Phi) is 6.82. The molecular weight excluding hydrogens is 416 g/mol. The first-order chi connectivity index (χ1) is 14.9. The first-order valence-electron chi connectivity index (χ1n) is 11.0. The molecule has 169 valence electrons. The van der Waals surface area contributed by atoms with Crippen LogP contribution in [0.25, 0.3) is 5.70 Å². The molecule has 0 saturated carbocycles. The average molecular weight is 450 g/mol. The minimum atomic E-state index is -0.801. The molecule has 2 aromatic rings. The third-order valence-electron chi connectivity index (χ3n) is 5.52. The van der Waals surface area contributed by atoms with Crippen LogP contribution in [0.15, 0.2) is 47.4 Å². The normalized spacial score (nSPS) is 16.0. The topological polar surface area (TPSA) is 64.2 Å². The van der Waals surface area contributed by atoms with Gasteiger partial charge in [0.25, 0.3) is 5.56 Å². The highest BCUT2D eigenvalue weighted by atomic mass is 28.3. The molecule has 2 heterocycles. The predicted molar refractivity (Wildman–Crippen MR) is 130 cm³/mol. The molecule has 1 unspecified atom stereocenters. The number of nitriles is 1. The fourth-order valence-electron chi connectivity index (χ4n) is 3.93. The van der Waals surface area contributed by atoms with Gasteiger partial charge in [-0.15, -0.1) is 0 Å². The number of rotatable bonds is 6. The Labute approximate surface area is 193 Å². The molecule has 1 atom stereocenters. The molecule has 1 aliphatic heterocycles. The van der Waals surface area contributed by atoms with Crippen molar-refractivity contribution in [1.82, 2.24) is 4.57 Å². The molecule has 1 radical (unpaired) electrons. The number of aryl methyl sites for hydroxylation is 1. The van der Waals surface area contributed by atoms with E-state index in [0.29, 0.717) is 11.3 Å². The predicted octanol–water partition coefficient (Wildman–Crippen LogP) is 5.40. The Bertz CT molecular complexity index is 1120. The summed E-state index contributed by atoms with van der Waals surface area (Å²) in [5, 5.41) is 9.32. The molecule has 32 heavy (non-hydrogen) atoms. The molecule has 0 saturated heterocycles. The lowest BCUT2D eigenvalue weighted by atomic mass is 9.86. The zero-order valence-electron chi connectivity index (χ0n) is 20.2. The van der Waals surface area contributed by atoms with Gasteiger partial charge in [0.2, 0.25) is 9.04 Å². The Morgan fingerprint density at radius 3 is 2.53 bits per heavy atom. The van der Waals surface area contributed by atoms with E-state index in [1.807, 2.05) is 32.2 Å². The van der Waals surface area contributed by atoms with E-state index >= 15 is 0 Å². The van der Waals surface area contributed by atoms with Gasteiger partial charge in [-0.2, -0.15) is 5.26 Å². The van der Waals surface area contributed by atoms with Crippen LogP contribution in [-0.4, -0.2) is 25.3 Å². The first-order valence-corrected chi connectivity index (χ1v) is 13.5. The molecule has 3 rings (SSSR count). The molecule has 0 amide bonds. The maximum absolute atomic E-state index is 13.1. The lowest BCUT2D eigenvalue weighted by molar-refractivity contribution is 0.0788. The summed E-state index contributed by atoms with van der Waals surface area (Å²) < 4.78 is 13.9. The monoisotopic (exact) mass is 449 g/mol. The van der Waals surface area contributed by atoms with Gasteiger partial charge < -0.3 is 9.16 Å². The van der Waals surface area contributed by atoms with Crippen molar-refractivity contribution in [3.05, 3.63) is 69.6 Å². The van der Waals surface area contributed by atoms with Gasteiger partial charge in [-0.1, -0.05) is 20.8 Å². The van der Waals surface area contributed by atoms with Crippen molar-refractivity contribution < 1.29 is 9.16 Å². The van der Waals surface area contributed by atoms with Crippen LogP contribution in [0.5, 0.6) is 5.75 Å². The molecule has 1 aromatic carbocycles. The Morgan fingerprint density at radius 1 is 1.22 bits per heavy atom. The van der Waals surface area contributed by atoms with Gasteiger partial charge in [-0.25, -0.2) is 0 Å². The van der Waals surface area contributed by atoms with Gasteiger partial charge in [0.05, 0.1) is 23.4 Å². The van der Waals surface area contributed by atoms with Crippen molar-refractivity contribution in [2.75, 3.05) is 0 Å². The van der Waals surface area contributed by atoms with Gasteiger partial charge >= 0.3 is 0 Å². The van der Waals surface area contributed by atoms with Gasteiger partial charge in [-0.3, -0.25) is 9.36 Å². The largest absolute Gasteiger partial charge is 0.483 e. The fraction of sp³-hybridized carbons (Fsp3) is 0.462. The summed E-state index contributed by atoms with van der Waals surface area (Å²) in [7, 11) is -0.801. The van der Waals surface area contributed by atoms with Crippen molar-refractivity contribution in [2.24, 2.45) is 5.41 Å². The zero-order valence-corrected chi connectivity index (χ0v) is 21.2. The fourth-order valence-corrected chi connectivity index (χ4v) is 4.97. The first kappa shape index (κ1) is 24.0. The molecule has 0 aliphatic carbocycles. The van der Waals surface area contributed by atoms with Crippen LogP contribution in [0.3, 0.4) is 0 Å². The summed E-state index contributed by atoms with van der Waals surface area (Å²) in [5.74, 6) is 0.671. The molecule has 0 fully saturated rings. The van der Waals surface area contributed by atoms with Crippen LogP contribution in [0.4, 0.5) is 0 Å². The van der Waals surface area contributed by atoms with Gasteiger partial charge in [0, 0.05) is 17.8 Å². The van der Waals surface area contributed by atoms with Gasteiger partial charge in [-0.05, 0) is 81.1 Å². The van der Waals surface area contributed by atoms with E-state index in [9.17, 15) is 10.1 Å². The molecule has 0 spiro atoms. The molecule has 0 N–H and O–H groups in total. The lowest BCUT2D eigenvalue weighted by Gasteiger charge is -2.32. The summed E-state index contributed by atoms with van der Waals surface area (Å²) in [6.07, 6.45) is 5.59. The summed E-state index contributed by atoms with van der Waals surface area (Å²) in [6.45, 7) is 14.8. The number of aromatic nitrogens is 1. The third-order valence-corrected chi connectivity index (χ3v) is 6.28. The van der Waals surface area contributed by atoms with Crippen LogP contribution in [0.1, 0.15) is 57.7 Å². The summed E-state index contributed by atoms with van der Waals surface area (Å²) in [6, 6.07) is 11.2. The second kappa shape index (κ2) is 9.09. The maximum Gasteiger partial charge on any atom is 0.255 e. The minimum Gasteiger partial charge on any atom is -0.483 e. The molecular formula is C26H33N2O3Si. The van der Waals surface area contributed by atoms with Crippen LogP contribution in [-0.2, 0) is 10.8 Å². The van der Waals surface area contributed by atoms with E-state index in [2.05, 4.69) is 39.9 Å². The molecule has 1 aliphatic rings. The average Bonchev–Trinajstić information content (AvgIpc) is 2.68. The Hall–Kier alpha value is -2.62. The van der Waals surface area contributed by atoms with E-state index < -0.39 is 14.6 Å². The number of ether oxygens (including phenoxy) is 1. The molecule has 0 bridgehead atoms. The number of nitrogens with zero attached hydrogens (tertiary/aromatic N) is 2. The lowest BCUT2D eigenvalue weighted by Crippen LogP contribution is -2.34. The Morgan fingerprint density at radius 2 is 1.94 bits per heavy atom. The van der Waals surface area contributed by atoms with Crippen molar-refractivity contribution in [3.63, 3.8) is 0 Å². The minimum absolute atomic E-state index is 0.0531. The van der Waals surface area contributed by atoms with Crippen LogP contribution in [0.2, 0.25) is 13.1 Å². The van der Waals surface area contributed by atoms with Crippen molar-refractivity contribution >= 4 is 14.7 Å².